The molecule has 0 spiro atoms. The summed E-state index contributed by atoms with van der Waals surface area (Å²) in [5.41, 5.74) is 2.25. The Morgan fingerprint density at radius 2 is 2.19 bits per heavy atom. The Morgan fingerprint density at radius 3 is 2.90 bits per heavy atom. The van der Waals surface area contributed by atoms with Crippen molar-refractivity contribution in [2.75, 3.05) is 26.4 Å². The summed E-state index contributed by atoms with van der Waals surface area (Å²) in [6.07, 6.45) is 1.85. The second-order valence-electron chi connectivity index (χ2n) is 5.53. The third-order valence-corrected chi connectivity index (χ3v) is 5.64. The van der Waals surface area contributed by atoms with E-state index in [-0.39, 0.29) is 12.0 Å². The number of thiazole rings is 1. The fourth-order valence-corrected chi connectivity index (χ4v) is 4.09. The molecule has 1 saturated heterocycles. The Bertz CT molecular complexity index is 548. The summed E-state index contributed by atoms with van der Waals surface area (Å²) in [7, 11) is 0. The van der Waals surface area contributed by atoms with Crippen molar-refractivity contribution in [1.82, 2.24) is 10.3 Å². The minimum Gasteiger partial charge on any atom is -0.396 e. The largest absolute Gasteiger partial charge is 0.396 e. The molecule has 3 rings (SSSR count). The lowest BCUT2D eigenvalue weighted by atomic mass is 9.81. The number of hydrogen-bond acceptors (Lipinski definition) is 6. The van der Waals surface area contributed by atoms with Gasteiger partial charge in [0, 0.05) is 48.0 Å². The highest BCUT2D eigenvalue weighted by Gasteiger charge is 2.31. The van der Waals surface area contributed by atoms with E-state index in [9.17, 15) is 5.11 Å². The Labute approximate surface area is 132 Å². The van der Waals surface area contributed by atoms with Gasteiger partial charge in [0.25, 0.3) is 0 Å². The molecule has 21 heavy (non-hydrogen) atoms. The van der Waals surface area contributed by atoms with Crippen LogP contribution in [0.5, 0.6) is 0 Å². The van der Waals surface area contributed by atoms with Gasteiger partial charge in [-0.05, 0) is 24.3 Å². The van der Waals surface area contributed by atoms with E-state index in [0.29, 0.717) is 0 Å². The van der Waals surface area contributed by atoms with E-state index in [4.69, 9.17) is 4.74 Å². The van der Waals surface area contributed by atoms with Crippen molar-refractivity contribution in [2.24, 2.45) is 5.41 Å². The summed E-state index contributed by atoms with van der Waals surface area (Å²) >= 11 is 3.38. The predicted molar refractivity (Wildman–Crippen MR) is 86.7 cm³/mol. The summed E-state index contributed by atoms with van der Waals surface area (Å²) in [4.78, 5) is 4.66. The lowest BCUT2D eigenvalue weighted by molar-refractivity contribution is -0.0154. The molecule has 114 valence electrons. The molecule has 0 aliphatic carbocycles. The van der Waals surface area contributed by atoms with Crippen molar-refractivity contribution in [3.8, 4) is 10.6 Å². The lowest BCUT2D eigenvalue weighted by Crippen LogP contribution is -2.41. The van der Waals surface area contributed by atoms with Crippen LogP contribution in [-0.4, -0.2) is 36.5 Å². The standard InChI is InChI=1S/C15H20N2O2S2/c18-11-15(2-4-19-5-3-15)10-16-7-13-9-21-14(17-13)12-1-6-20-8-12/h1,6,8-9,16,18H,2-5,7,10-11H2. The maximum absolute atomic E-state index is 9.66. The van der Waals surface area contributed by atoms with Gasteiger partial charge in [0.05, 0.1) is 12.3 Å². The molecule has 1 aliphatic rings. The molecule has 6 heteroatoms. The molecule has 0 radical (unpaired) electrons. The molecule has 2 aromatic heterocycles. The highest BCUT2D eigenvalue weighted by atomic mass is 32.1. The minimum absolute atomic E-state index is 0.0234. The van der Waals surface area contributed by atoms with Gasteiger partial charge in [0.1, 0.15) is 5.01 Å². The zero-order valence-electron chi connectivity index (χ0n) is 11.9. The zero-order valence-corrected chi connectivity index (χ0v) is 13.5. The van der Waals surface area contributed by atoms with Gasteiger partial charge in [-0.15, -0.1) is 11.3 Å². The quantitative estimate of drug-likeness (QED) is 0.858. The van der Waals surface area contributed by atoms with E-state index < -0.39 is 0 Å². The van der Waals surface area contributed by atoms with Crippen LogP contribution in [0.15, 0.2) is 22.2 Å². The van der Waals surface area contributed by atoms with Gasteiger partial charge in [-0.2, -0.15) is 11.3 Å². The van der Waals surface area contributed by atoms with Crippen LogP contribution < -0.4 is 5.32 Å². The molecule has 0 aromatic carbocycles. The van der Waals surface area contributed by atoms with Gasteiger partial charge >= 0.3 is 0 Å². The number of aromatic nitrogens is 1. The number of rotatable bonds is 6. The number of aliphatic hydroxyl groups is 1. The van der Waals surface area contributed by atoms with Crippen LogP contribution >= 0.6 is 22.7 Å². The molecule has 2 N–H and O–H groups in total. The molecular weight excluding hydrogens is 304 g/mol. The number of aliphatic hydroxyl groups excluding tert-OH is 1. The summed E-state index contributed by atoms with van der Waals surface area (Å²) < 4.78 is 5.39. The SMILES string of the molecule is OCC1(CNCc2csc(-c3ccsc3)n2)CCOCC1. The van der Waals surface area contributed by atoms with E-state index in [2.05, 4.69) is 32.5 Å². The summed E-state index contributed by atoms with van der Waals surface area (Å²) in [5, 5.41) is 20.5. The second-order valence-corrected chi connectivity index (χ2v) is 7.17. The topological polar surface area (TPSA) is 54.4 Å². The first-order chi connectivity index (χ1) is 10.3. The summed E-state index contributed by atoms with van der Waals surface area (Å²) in [6.45, 7) is 3.30. The first-order valence-electron chi connectivity index (χ1n) is 7.18. The summed E-state index contributed by atoms with van der Waals surface area (Å²) in [5.74, 6) is 0. The van der Waals surface area contributed by atoms with E-state index in [0.717, 1.165) is 49.8 Å². The van der Waals surface area contributed by atoms with Crippen LogP contribution in [0.1, 0.15) is 18.5 Å². The van der Waals surface area contributed by atoms with Crippen LogP contribution in [-0.2, 0) is 11.3 Å². The minimum atomic E-state index is -0.0234. The smallest absolute Gasteiger partial charge is 0.124 e. The highest BCUT2D eigenvalue weighted by molar-refractivity contribution is 7.14. The number of nitrogens with one attached hydrogen (secondary N) is 1. The molecule has 0 bridgehead atoms. The maximum Gasteiger partial charge on any atom is 0.124 e. The molecule has 3 heterocycles. The van der Waals surface area contributed by atoms with Gasteiger partial charge in [-0.3, -0.25) is 0 Å². The molecule has 4 nitrogen and oxygen atoms in total. The van der Waals surface area contributed by atoms with Gasteiger partial charge < -0.3 is 15.2 Å². The van der Waals surface area contributed by atoms with Crippen molar-refractivity contribution in [2.45, 2.75) is 19.4 Å². The molecule has 2 aromatic rings. The second kappa shape index (κ2) is 6.98. The maximum atomic E-state index is 9.66. The third-order valence-electron chi connectivity index (χ3n) is 4.01. The average Bonchev–Trinajstić information content (AvgIpc) is 3.19. The Hall–Kier alpha value is -0.790. The van der Waals surface area contributed by atoms with Gasteiger partial charge in [-0.1, -0.05) is 0 Å². The Kier molecular flexibility index (Phi) is 5.03. The van der Waals surface area contributed by atoms with Crippen LogP contribution in [0, 0.1) is 5.41 Å². The van der Waals surface area contributed by atoms with Crippen LogP contribution in [0.25, 0.3) is 10.6 Å². The summed E-state index contributed by atoms with van der Waals surface area (Å²) in [6, 6.07) is 2.10. The number of thiophene rings is 1. The first kappa shape index (κ1) is 15.1. The van der Waals surface area contributed by atoms with Gasteiger partial charge in [0.15, 0.2) is 0 Å². The van der Waals surface area contributed by atoms with Crippen molar-refractivity contribution in [1.29, 1.82) is 0 Å². The molecule has 0 amide bonds. The van der Waals surface area contributed by atoms with E-state index in [1.807, 2.05) is 0 Å². The molecule has 0 saturated carbocycles. The van der Waals surface area contributed by atoms with Crippen molar-refractivity contribution in [3.05, 3.63) is 27.9 Å². The van der Waals surface area contributed by atoms with Gasteiger partial charge in [0.2, 0.25) is 0 Å². The fourth-order valence-electron chi connectivity index (χ4n) is 2.56. The van der Waals surface area contributed by atoms with E-state index >= 15 is 0 Å². The number of ether oxygens (including phenoxy) is 1. The molecule has 0 atom stereocenters. The lowest BCUT2D eigenvalue weighted by Gasteiger charge is -2.35. The fraction of sp³-hybridized carbons (Fsp3) is 0.533. The number of hydrogen-bond donors (Lipinski definition) is 2. The average molecular weight is 324 g/mol. The molecule has 0 unspecified atom stereocenters. The highest BCUT2D eigenvalue weighted by Crippen LogP contribution is 2.29. The van der Waals surface area contributed by atoms with Crippen LogP contribution in [0.3, 0.4) is 0 Å². The van der Waals surface area contributed by atoms with E-state index in [1.54, 1.807) is 22.7 Å². The van der Waals surface area contributed by atoms with Crippen molar-refractivity contribution >= 4 is 22.7 Å². The predicted octanol–water partition coefficient (Wildman–Crippen LogP) is 2.75. The normalized spacial score (nSPS) is 18.0. The van der Waals surface area contributed by atoms with Crippen molar-refractivity contribution < 1.29 is 9.84 Å². The number of nitrogens with zero attached hydrogens (tertiary/aromatic N) is 1. The van der Waals surface area contributed by atoms with Crippen molar-refractivity contribution in [3.63, 3.8) is 0 Å². The molecule has 1 aliphatic heterocycles. The van der Waals surface area contributed by atoms with E-state index in [1.165, 1.54) is 5.56 Å². The van der Waals surface area contributed by atoms with Crippen LogP contribution in [0.4, 0.5) is 0 Å². The molecular formula is C15H20N2O2S2. The Balaban J connectivity index is 1.53. The zero-order chi connectivity index (χ0) is 14.5. The molecule has 1 fully saturated rings. The van der Waals surface area contributed by atoms with Crippen LogP contribution in [0.2, 0.25) is 0 Å². The monoisotopic (exact) mass is 324 g/mol. The van der Waals surface area contributed by atoms with Gasteiger partial charge in [-0.25, -0.2) is 4.98 Å². The third kappa shape index (κ3) is 3.70. The Morgan fingerprint density at radius 1 is 1.33 bits per heavy atom. The first-order valence-corrected chi connectivity index (χ1v) is 9.00.